The van der Waals surface area contributed by atoms with Crippen LogP contribution in [0.1, 0.15) is 12.8 Å². The molecule has 0 bridgehead atoms. The maximum atomic E-state index is 11.1. The highest BCUT2D eigenvalue weighted by Crippen LogP contribution is 2.11. The summed E-state index contributed by atoms with van der Waals surface area (Å²) in [4.78, 5) is 12.9. The van der Waals surface area contributed by atoms with E-state index in [9.17, 15) is 13.2 Å². The molecule has 0 aromatic rings. The number of piperidine rings is 1. The highest BCUT2D eigenvalue weighted by molar-refractivity contribution is 7.90. The van der Waals surface area contributed by atoms with Gasteiger partial charge in [-0.3, -0.25) is 9.69 Å². The largest absolute Gasteiger partial charge is 0.369 e. The van der Waals surface area contributed by atoms with E-state index in [2.05, 4.69) is 5.32 Å². The molecule has 6 nitrogen and oxygen atoms in total. The molecule has 1 amide bonds. The van der Waals surface area contributed by atoms with Crippen LogP contribution >= 0.6 is 0 Å². The lowest BCUT2D eigenvalue weighted by molar-refractivity contribution is -0.119. The standard InChI is InChI=1S/C10H21N3O3S/c1-17(15,16)7-6-13(8-10(11)14)9-2-4-12-5-3-9/h9,12H,2-8H2,1H3,(H2,11,14). The van der Waals surface area contributed by atoms with Crippen LogP contribution in [0.2, 0.25) is 0 Å². The molecule has 7 heteroatoms. The Morgan fingerprint density at radius 1 is 1.41 bits per heavy atom. The molecule has 1 saturated heterocycles. The zero-order chi connectivity index (χ0) is 12.9. The SMILES string of the molecule is CS(=O)(=O)CCN(CC(N)=O)C1CCNCC1. The Morgan fingerprint density at radius 3 is 2.47 bits per heavy atom. The lowest BCUT2D eigenvalue weighted by atomic mass is 10.0. The number of hydrogen-bond donors (Lipinski definition) is 2. The van der Waals surface area contributed by atoms with Crippen LogP contribution in [0.5, 0.6) is 0 Å². The third-order valence-electron chi connectivity index (χ3n) is 2.93. The summed E-state index contributed by atoms with van der Waals surface area (Å²) in [6.07, 6.45) is 3.06. The Kier molecular flexibility index (Phi) is 5.35. The minimum Gasteiger partial charge on any atom is -0.369 e. The van der Waals surface area contributed by atoms with Gasteiger partial charge in [0.05, 0.1) is 12.3 Å². The number of amides is 1. The molecule has 1 rings (SSSR count). The molecular formula is C10H21N3O3S. The van der Waals surface area contributed by atoms with Crippen LogP contribution in [-0.2, 0) is 14.6 Å². The Hall–Kier alpha value is -0.660. The van der Waals surface area contributed by atoms with Crippen molar-refractivity contribution in [2.24, 2.45) is 5.73 Å². The lowest BCUT2D eigenvalue weighted by Gasteiger charge is -2.33. The molecule has 0 unspecified atom stereocenters. The van der Waals surface area contributed by atoms with Crippen molar-refractivity contribution in [1.29, 1.82) is 0 Å². The summed E-state index contributed by atoms with van der Waals surface area (Å²) in [5.41, 5.74) is 5.19. The van der Waals surface area contributed by atoms with Crippen LogP contribution in [0.15, 0.2) is 0 Å². The Balaban J connectivity index is 2.55. The predicted molar refractivity (Wildman–Crippen MR) is 66.4 cm³/mol. The lowest BCUT2D eigenvalue weighted by Crippen LogP contribution is -2.48. The number of hydrogen-bond acceptors (Lipinski definition) is 5. The van der Waals surface area contributed by atoms with Gasteiger partial charge in [0.2, 0.25) is 5.91 Å². The molecule has 0 atom stereocenters. The van der Waals surface area contributed by atoms with Gasteiger partial charge in [-0.25, -0.2) is 8.42 Å². The molecule has 0 aromatic heterocycles. The second kappa shape index (κ2) is 6.32. The molecule has 1 aliphatic heterocycles. The number of nitrogens with one attached hydrogen (secondary N) is 1. The first kappa shape index (κ1) is 14.4. The molecule has 3 N–H and O–H groups in total. The van der Waals surface area contributed by atoms with Crippen LogP contribution in [0.4, 0.5) is 0 Å². The third-order valence-corrected chi connectivity index (χ3v) is 3.86. The number of primary amides is 1. The fourth-order valence-corrected chi connectivity index (χ4v) is 2.61. The predicted octanol–water partition coefficient (Wildman–Crippen LogP) is -1.43. The zero-order valence-electron chi connectivity index (χ0n) is 10.2. The molecule has 1 aliphatic rings. The summed E-state index contributed by atoms with van der Waals surface area (Å²) in [6.45, 7) is 2.32. The number of nitrogens with zero attached hydrogens (tertiary/aromatic N) is 1. The molecule has 1 heterocycles. The van der Waals surface area contributed by atoms with E-state index in [-0.39, 0.29) is 18.3 Å². The summed E-state index contributed by atoms with van der Waals surface area (Å²) in [5.74, 6) is -0.332. The second-order valence-electron chi connectivity index (χ2n) is 4.55. The van der Waals surface area contributed by atoms with Crippen molar-refractivity contribution in [3.8, 4) is 0 Å². The van der Waals surface area contributed by atoms with Gasteiger partial charge in [0, 0.05) is 18.8 Å². The molecule has 100 valence electrons. The smallest absolute Gasteiger partial charge is 0.231 e. The summed E-state index contributed by atoms with van der Waals surface area (Å²) in [7, 11) is -3.00. The van der Waals surface area contributed by atoms with Crippen LogP contribution in [-0.4, -0.2) is 63.5 Å². The fraction of sp³-hybridized carbons (Fsp3) is 0.900. The van der Waals surface area contributed by atoms with E-state index in [4.69, 9.17) is 5.73 Å². The molecule has 17 heavy (non-hydrogen) atoms. The number of carbonyl (C=O) groups is 1. The van der Waals surface area contributed by atoms with Crippen LogP contribution in [0.25, 0.3) is 0 Å². The molecule has 0 aromatic carbocycles. The summed E-state index contributed by atoms with van der Waals surface area (Å²) in [5, 5.41) is 3.23. The van der Waals surface area contributed by atoms with Crippen LogP contribution in [0, 0.1) is 0 Å². The number of rotatable bonds is 6. The van der Waals surface area contributed by atoms with Gasteiger partial charge in [-0.1, -0.05) is 0 Å². The van der Waals surface area contributed by atoms with Gasteiger partial charge in [-0.15, -0.1) is 0 Å². The van der Waals surface area contributed by atoms with E-state index >= 15 is 0 Å². The van der Waals surface area contributed by atoms with Gasteiger partial charge in [0.25, 0.3) is 0 Å². The summed E-state index contributed by atoms with van der Waals surface area (Å²) in [6, 6.07) is 0.255. The number of sulfone groups is 1. The van der Waals surface area contributed by atoms with Crippen molar-refractivity contribution in [2.45, 2.75) is 18.9 Å². The van der Waals surface area contributed by atoms with Crippen molar-refractivity contribution in [3.05, 3.63) is 0 Å². The van der Waals surface area contributed by atoms with Crippen molar-refractivity contribution >= 4 is 15.7 Å². The van der Waals surface area contributed by atoms with Gasteiger partial charge >= 0.3 is 0 Å². The first-order valence-electron chi connectivity index (χ1n) is 5.79. The normalized spacial score (nSPS) is 18.5. The Morgan fingerprint density at radius 2 is 2.00 bits per heavy atom. The van der Waals surface area contributed by atoms with E-state index in [0.717, 1.165) is 25.9 Å². The highest BCUT2D eigenvalue weighted by Gasteiger charge is 2.22. The molecule has 0 saturated carbocycles. The first-order valence-corrected chi connectivity index (χ1v) is 7.85. The number of carbonyl (C=O) groups excluding carboxylic acids is 1. The molecule has 0 radical (unpaired) electrons. The summed E-state index contributed by atoms with van der Waals surface area (Å²) < 4.78 is 22.3. The van der Waals surface area contributed by atoms with Crippen molar-refractivity contribution in [1.82, 2.24) is 10.2 Å². The maximum absolute atomic E-state index is 11.1. The van der Waals surface area contributed by atoms with Crippen molar-refractivity contribution in [3.63, 3.8) is 0 Å². The van der Waals surface area contributed by atoms with E-state index in [1.165, 1.54) is 6.26 Å². The molecule has 0 aliphatic carbocycles. The maximum Gasteiger partial charge on any atom is 0.231 e. The number of nitrogens with two attached hydrogens (primary N) is 1. The van der Waals surface area contributed by atoms with E-state index in [1.54, 1.807) is 0 Å². The average Bonchev–Trinajstić information content (AvgIpc) is 2.24. The topological polar surface area (TPSA) is 92.5 Å². The summed E-state index contributed by atoms with van der Waals surface area (Å²) >= 11 is 0. The Labute approximate surface area is 102 Å². The van der Waals surface area contributed by atoms with E-state index in [0.29, 0.717) is 6.54 Å². The van der Waals surface area contributed by atoms with Crippen molar-refractivity contribution in [2.75, 3.05) is 38.2 Å². The first-order chi connectivity index (χ1) is 7.88. The molecule has 0 spiro atoms. The quantitative estimate of drug-likeness (QED) is 0.613. The average molecular weight is 263 g/mol. The van der Waals surface area contributed by atoms with E-state index < -0.39 is 15.7 Å². The second-order valence-corrected chi connectivity index (χ2v) is 6.81. The monoisotopic (exact) mass is 263 g/mol. The fourth-order valence-electron chi connectivity index (χ4n) is 2.05. The van der Waals surface area contributed by atoms with E-state index in [1.807, 2.05) is 4.90 Å². The van der Waals surface area contributed by atoms with Crippen LogP contribution < -0.4 is 11.1 Å². The Bertz CT molecular complexity index is 350. The minimum absolute atomic E-state index is 0.0736. The van der Waals surface area contributed by atoms with Gasteiger partial charge in [-0.2, -0.15) is 0 Å². The highest BCUT2D eigenvalue weighted by atomic mass is 32.2. The minimum atomic E-state index is -3.00. The van der Waals surface area contributed by atoms with Crippen LogP contribution in [0.3, 0.4) is 0 Å². The van der Waals surface area contributed by atoms with Crippen molar-refractivity contribution < 1.29 is 13.2 Å². The van der Waals surface area contributed by atoms with Gasteiger partial charge < -0.3 is 11.1 Å². The third kappa shape index (κ3) is 5.99. The van der Waals surface area contributed by atoms with Gasteiger partial charge in [0.15, 0.2) is 0 Å². The van der Waals surface area contributed by atoms with Gasteiger partial charge in [0.1, 0.15) is 9.84 Å². The zero-order valence-corrected chi connectivity index (χ0v) is 11.0. The molecule has 1 fully saturated rings. The molecular weight excluding hydrogens is 242 g/mol. The van der Waals surface area contributed by atoms with Gasteiger partial charge in [-0.05, 0) is 25.9 Å².